The molecule has 0 radical (unpaired) electrons. The van der Waals surface area contributed by atoms with Gasteiger partial charge in [-0.2, -0.15) is 5.10 Å². The summed E-state index contributed by atoms with van der Waals surface area (Å²) in [6.07, 6.45) is 1.04. The summed E-state index contributed by atoms with van der Waals surface area (Å²) in [5.74, 6) is 0. The van der Waals surface area contributed by atoms with Crippen molar-refractivity contribution in [3.05, 3.63) is 16.4 Å². The van der Waals surface area contributed by atoms with Crippen molar-refractivity contribution in [2.75, 3.05) is 32.7 Å². The van der Waals surface area contributed by atoms with Crippen LogP contribution in [0, 0.1) is 0 Å². The lowest BCUT2D eigenvalue weighted by Gasteiger charge is -2.26. The zero-order chi connectivity index (χ0) is 10.7. The molecule has 0 spiro atoms. The Morgan fingerprint density at radius 3 is 2.80 bits per heavy atom. The number of aryl methyl sites for hydroxylation is 1. The van der Waals surface area contributed by atoms with Crippen LogP contribution in [0.4, 0.5) is 0 Å². The number of nitrogens with zero attached hydrogens (tertiary/aromatic N) is 3. The van der Waals surface area contributed by atoms with Crippen molar-refractivity contribution >= 4 is 15.9 Å². The van der Waals surface area contributed by atoms with Crippen molar-refractivity contribution in [2.24, 2.45) is 7.05 Å². The zero-order valence-corrected chi connectivity index (χ0v) is 10.6. The molecule has 1 aromatic heterocycles. The summed E-state index contributed by atoms with van der Waals surface area (Å²) in [5, 5.41) is 7.78. The molecule has 1 aliphatic rings. The van der Waals surface area contributed by atoms with Crippen molar-refractivity contribution in [2.45, 2.75) is 6.42 Å². The first-order valence-corrected chi connectivity index (χ1v) is 6.16. The summed E-state index contributed by atoms with van der Waals surface area (Å²) >= 11 is 3.46. The van der Waals surface area contributed by atoms with Gasteiger partial charge in [0.2, 0.25) is 0 Å². The quantitative estimate of drug-likeness (QED) is 0.877. The maximum atomic E-state index is 4.42. The van der Waals surface area contributed by atoms with E-state index in [1.807, 2.05) is 11.7 Å². The first kappa shape index (κ1) is 11.1. The van der Waals surface area contributed by atoms with Crippen LogP contribution in [0.5, 0.6) is 0 Å². The van der Waals surface area contributed by atoms with Crippen LogP contribution in [-0.2, 0) is 13.5 Å². The Hall–Kier alpha value is -0.390. The molecule has 0 aliphatic carbocycles. The minimum atomic E-state index is 1.04. The van der Waals surface area contributed by atoms with Crippen LogP contribution in [0.2, 0.25) is 0 Å². The van der Waals surface area contributed by atoms with E-state index in [4.69, 9.17) is 0 Å². The van der Waals surface area contributed by atoms with Crippen LogP contribution >= 0.6 is 15.9 Å². The number of nitrogens with one attached hydrogen (secondary N) is 1. The first-order chi connectivity index (χ1) is 7.25. The van der Waals surface area contributed by atoms with Gasteiger partial charge in [-0.15, -0.1) is 0 Å². The summed E-state index contributed by atoms with van der Waals surface area (Å²) in [5.41, 5.74) is 1.17. The maximum Gasteiger partial charge on any atom is 0.104 e. The molecule has 0 aromatic carbocycles. The molecule has 0 saturated carbocycles. The highest BCUT2D eigenvalue weighted by atomic mass is 79.9. The van der Waals surface area contributed by atoms with Gasteiger partial charge in [-0.1, -0.05) is 0 Å². The molecule has 4 nitrogen and oxygen atoms in total. The van der Waals surface area contributed by atoms with E-state index in [-0.39, 0.29) is 0 Å². The van der Waals surface area contributed by atoms with Crippen LogP contribution in [0.25, 0.3) is 0 Å². The fraction of sp³-hybridized carbons (Fsp3) is 0.700. The van der Waals surface area contributed by atoms with Crippen molar-refractivity contribution in [3.8, 4) is 0 Å². The third-order valence-corrected chi connectivity index (χ3v) is 3.51. The lowest BCUT2D eigenvalue weighted by molar-refractivity contribution is 0.243. The number of piperazine rings is 1. The van der Waals surface area contributed by atoms with Crippen LogP contribution in [0.3, 0.4) is 0 Å². The molecule has 1 fully saturated rings. The third kappa shape index (κ3) is 3.03. The molecular weight excluding hydrogens is 256 g/mol. The zero-order valence-electron chi connectivity index (χ0n) is 9.04. The number of rotatable bonds is 3. The lowest BCUT2D eigenvalue weighted by Crippen LogP contribution is -2.44. The molecule has 84 valence electrons. The Morgan fingerprint density at radius 2 is 2.20 bits per heavy atom. The molecule has 1 N–H and O–H groups in total. The molecule has 1 aliphatic heterocycles. The van der Waals surface area contributed by atoms with Crippen LogP contribution in [-0.4, -0.2) is 47.4 Å². The molecule has 2 rings (SSSR count). The van der Waals surface area contributed by atoms with Crippen molar-refractivity contribution in [1.29, 1.82) is 0 Å². The molecule has 1 aromatic rings. The number of halogens is 1. The third-order valence-electron chi connectivity index (χ3n) is 2.77. The van der Waals surface area contributed by atoms with E-state index in [1.54, 1.807) is 0 Å². The molecule has 0 amide bonds. The molecule has 2 heterocycles. The summed E-state index contributed by atoms with van der Waals surface area (Å²) in [6.45, 7) is 5.67. The smallest absolute Gasteiger partial charge is 0.104 e. The summed E-state index contributed by atoms with van der Waals surface area (Å²) in [7, 11) is 1.96. The van der Waals surface area contributed by atoms with Gasteiger partial charge < -0.3 is 10.2 Å². The van der Waals surface area contributed by atoms with E-state index < -0.39 is 0 Å². The SMILES string of the molecule is Cn1nc(CCN2CCNCC2)cc1Br. The first-order valence-electron chi connectivity index (χ1n) is 5.37. The molecule has 0 atom stereocenters. The van der Waals surface area contributed by atoms with Gasteiger partial charge >= 0.3 is 0 Å². The van der Waals surface area contributed by atoms with E-state index in [1.165, 1.54) is 5.69 Å². The summed E-state index contributed by atoms with van der Waals surface area (Å²) in [4.78, 5) is 2.49. The predicted molar refractivity (Wildman–Crippen MR) is 63.9 cm³/mol. The number of aromatic nitrogens is 2. The van der Waals surface area contributed by atoms with E-state index in [0.717, 1.165) is 43.7 Å². The molecule has 0 unspecified atom stereocenters. The summed E-state index contributed by atoms with van der Waals surface area (Å²) < 4.78 is 2.92. The monoisotopic (exact) mass is 272 g/mol. The highest BCUT2D eigenvalue weighted by molar-refractivity contribution is 9.10. The summed E-state index contributed by atoms with van der Waals surface area (Å²) in [6, 6.07) is 2.10. The largest absolute Gasteiger partial charge is 0.314 e. The molecule has 5 heteroatoms. The Kier molecular flexibility index (Phi) is 3.77. The van der Waals surface area contributed by atoms with E-state index in [9.17, 15) is 0 Å². The number of hydrogen-bond donors (Lipinski definition) is 1. The normalized spacial score (nSPS) is 18.3. The Bertz CT molecular complexity index is 298. The molecule has 0 bridgehead atoms. The minimum absolute atomic E-state index is 1.04. The second kappa shape index (κ2) is 5.09. The van der Waals surface area contributed by atoms with Crippen molar-refractivity contribution in [3.63, 3.8) is 0 Å². The van der Waals surface area contributed by atoms with Gasteiger partial charge in [0.25, 0.3) is 0 Å². The topological polar surface area (TPSA) is 33.1 Å². The highest BCUT2D eigenvalue weighted by Crippen LogP contribution is 2.11. The van der Waals surface area contributed by atoms with Crippen LogP contribution in [0.1, 0.15) is 5.69 Å². The highest BCUT2D eigenvalue weighted by Gasteiger charge is 2.10. The predicted octanol–water partition coefficient (Wildman–Crippen LogP) is 0.630. The average molecular weight is 273 g/mol. The second-order valence-electron chi connectivity index (χ2n) is 3.92. The molecular formula is C10H17BrN4. The van der Waals surface area contributed by atoms with Crippen LogP contribution < -0.4 is 5.32 Å². The number of hydrogen-bond acceptors (Lipinski definition) is 3. The molecule has 1 saturated heterocycles. The van der Waals surface area contributed by atoms with E-state index in [2.05, 4.69) is 37.3 Å². The van der Waals surface area contributed by atoms with Gasteiger partial charge in [-0.25, -0.2) is 0 Å². The fourth-order valence-electron chi connectivity index (χ4n) is 1.83. The van der Waals surface area contributed by atoms with Gasteiger partial charge in [0.05, 0.1) is 5.69 Å². The minimum Gasteiger partial charge on any atom is -0.314 e. The Morgan fingerprint density at radius 1 is 1.47 bits per heavy atom. The Labute approximate surface area is 98.8 Å². The van der Waals surface area contributed by atoms with Gasteiger partial charge in [0.1, 0.15) is 4.60 Å². The van der Waals surface area contributed by atoms with Crippen LogP contribution in [0.15, 0.2) is 10.7 Å². The van der Waals surface area contributed by atoms with Gasteiger partial charge in [0.15, 0.2) is 0 Å². The lowest BCUT2D eigenvalue weighted by atomic mass is 10.2. The van der Waals surface area contributed by atoms with E-state index in [0.29, 0.717) is 0 Å². The van der Waals surface area contributed by atoms with Gasteiger partial charge in [0, 0.05) is 46.2 Å². The second-order valence-corrected chi connectivity index (χ2v) is 4.74. The van der Waals surface area contributed by atoms with E-state index >= 15 is 0 Å². The fourth-order valence-corrected chi connectivity index (χ4v) is 2.17. The van der Waals surface area contributed by atoms with Gasteiger partial charge in [-0.3, -0.25) is 4.68 Å². The van der Waals surface area contributed by atoms with Crippen molar-refractivity contribution in [1.82, 2.24) is 20.0 Å². The standard InChI is InChI=1S/C10H17BrN4/c1-14-10(11)8-9(13-14)2-5-15-6-3-12-4-7-15/h8,12H,2-7H2,1H3. The Balaban J connectivity index is 1.81. The van der Waals surface area contributed by atoms with Gasteiger partial charge in [-0.05, 0) is 22.0 Å². The average Bonchev–Trinajstić information content (AvgIpc) is 2.57. The van der Waals surface area contributed by atoms with Crippen molar-refractivity contribution < 1.29 is 0 Å². The molecule has 15 heavy (non-hydrogen) atoms. The maximum absolute atomic E-state index is 4.42.